The molecule has 0 bridgehead atoms. The van der Waals surface area contributed by atoms with Gasteiger partial charge < -0.3 is 5.32 Å². The molecular weight excluding hydrogens is 242 g/mol. The van der Waals surface area contributed by atoms with E-state index in [-0.39, 0.29) is 0 Å². The van der Waals surface area contributed by atoms with E-state index in [0.717, 1.165) is 18.4 Å². The van der Waals surface area contributed by atoms with E-state index in [1.807, 2.05) is 0 Å². The normalized spacial score (nSPS) is 12.3. The van der Waals surface area contributed by atoms with Gasteiger partial charge in [-0.3, -0.25) is 0 Å². The van der Waals surface area contributed by atoms with E-state index in [1.54, 1.807) is 6.20 Å². The fourth-order valence-electron chi connectivity index (χ4n) is 2.67. The summed E-state index contributed by atoms with van der Waals surface area (Å²) in [6.45, 7) is 9.40. The highest BCUT2D eigenvalue weighted by Gasteiger charge is 2.09. The highest BCUT2D eigenvalue weighted by atomic mass is 14.8. The van der Waals surface area contributed by atoms with E-state index in [4.69, 9.17) is 0 Å². The standard InChI is InChI=1S/C19H31N/c1-4-20-15-14-19(13-9-8-10-17(2)3)16-18-11-6-5-7-12-18/h4-7,11-12,17,19-20H,1,8-10,13-16H2,2-3H3. The third-order valence-electron chi connectivity index (χ3n) is 3.85. The van der Waals surface area contributed by atoms with E-state index in [1.165, 1.54) is 44.1 Å². The molecule has 0 amide bonds. The van der Waals surface area contributed by atoms with Crippen molar-refractivity contribution < 1.29 is 0 Å². The molecule has 0 saturated heterocycles. The molecule has 0 aromatic heterocycles. The van der Waals surface area contributed by atoms with Crippen LogP contribution in [0.1, 0.15) is 51.5 Å². The summed E-state index contributed by atoms with van der Waals surface area (Å²) in [6.07, 6.45) is 9.70. The van der Waals surface area contributed by atoms with Crippen LogP contribution >= 0.6 is 0 Å². The second-order valence-electron chi connectivity index (χ2n) is 6.18. The lowest BCUT2D eigenvalue weighted by Crippen LogP contribution is -2.14. The molecule has 112 valence electrons. The molecule has 1 atom stereocenters. The molecule has 0 aliphatic heterocycles. The van der Waals surface area contributed by atoms with Gasteiger partial charge in [-0.2, -0.15) is 0 Å². The SMILES string of the molecule is C=CNCCC(CCCCC(C)C)Cc1ccccc1. The van der Waals surface area contributed by atoms with Gasteiger partial charge in [-0.25, -0.2) is 0 Å². The van der Waals surface area contributed by atoms with Crippen LogP contribution in [-0.4, -0.2) is 6.54 Å². The predicted octanol–water partition coefficient (Wildman–Crippen LogP) is 5.18. The lowest BCUT2D eigenvalue weighted by molar-refractivity contribution is 0.410. The smallest absolute Gasteiger partial charge is 0.0144 e. The summed E-state index contributed by atoms with van der Waals surface area (Å²) in [5.74, 6) is 1.63. The van der Waals surface area contributed by atoms with Crippen molar-refractivity contribution in [2.45, 2.75) is 52.4 Å². The molecule has 0 radical (unpaired) electrons. The van der Waals surface area contributed by atoms with Crippen LogP contribution in [0.15, 0.2) is 43.1 Å². The van der Waals surface area contributed by atoms with Gasteiger partial charge in [-0.15, -0.1) is 0 Å². The van der Waals surface area contributed by atoms with Crippen molar-refractivity contribution in [1.82, 2.24) is 5.32 Å². The van der Waals surface area contributed by atoms with Crippen molar-refractivity contribution in [2.24, 2.45) is 11.8 Å². The first-order valence-corrected chi connectivity index (χ1v) is 8.10. The Morgan fingerprint density at radius 3 is 2.40 bits per heavy atom. The molecule has 1 unspecified atom stereocenters. The van der Waals surface area contributed by atoms with Crippen LogP contribution < -0.4 is 5.32 Å². The van der Waals surface area contributed by atoms with Crippen LogP contribution in [0.5, 0.6) is 0 Å². The lowest BCUT2D eigenvalue weighted by Gasteiger charge is -2.17. The Morgan fingerprint density at radius 2 is 1.75 bits per heavy atom. The van der Waals surface area contributed by atoms with Crippen LogP contribution in [0.4, 0.5) is 0 Å². The van der Waals surface area contributed by atoms with Crippen LogP contribution in [0.2, 0.25) is 0 Å². The Hall–Kier alpha value is -1.24. The van der Waals surface area contributed by atoms with E-state index < -0.39 is 0 Å². The zero-order chi connectivity index (χ0) is 14.6. The fraction of sp³-hybridized carbons (Fsp3) is 0.579. The maximum atomic E-state index is 3.73. The molecule has 1 nitrogen and oxygen atoms in total. The average Bonchev–Trinajstić information content (AvgIpc) is 2.44. The summed E-state index contributed by atoms with van der Waals surface area (Å²) >= 11 is 0. The number of hydrogen-bond donors (Lipinski definition) is 1. The highest BCUT2D eigenvalue weighted by molar-refractivity contribution is 5.15. The van der Waals surface area contributed by atoms with E-state index in [9.17, 15) is 0 Å². The minimum absolute atomic E-state index is 0.789. The highest BCUT2D eigenvalue weighted by Crippen LogP contribution is 2.20. The second kappa shape index (κ2) is 10.5. The molecule has 0 aliphatic rings. The van der Waals surface area contributed by atoms with Crippen molar-refractivity contribution in [3.63, 3.8) is 0 Å². The van der Waals surface area contributed by atoms with Crippen LogP contribution in [0, 0.1) is 11.8 Å². The molecule has 1 aromatic carbocycles. The quantitative estimate of drug-likeness (QED) is 0.547. The molecule has 0 spiro atoms. The summed E-state index contributed by atoms with van der Waals surface area (Å²) in [5, 5.41) is 3.24. The Kier molecular flexibility index (Phi) is 8.86. The van der Waals surface area contributed by atoms with Gasteiger partial charge in [0, 0.05) is 6.54 Å². The first kappa shape index (κ1) is 16.8. The minimum Gasteiger partial charge on any atom is -0.391 e. The lowest BCUT2D eigenvalue weighted by atomic mass is 9.90. The summed E-state index contributed by atoms with van der Waals surface area (Å²) in [7, 11) is 0. The predicted molar refractivity (Wildman–Crippen MR) is 89.8 cm³/mol. The summed E-state index contributed by atoms with van der Waals surface area (Å²) in [6, 6.07) is 10.9. The van der Waals surface area contributed by atoms with Crippen molar-refractivity contribution in [3.8, 4) is 0 Å². The van der Waals surface area contributed by atoms with Gasteiger partial charge in [0.05, 0.1) is 0 Å². The van der Waals surface area contributed by atoms with E-state index in [0.29, 0.717) is 0 Å². The van der Waals surface area contributed by atoms with Crippen LogP contribution in [-0.2, 0) is 6.42 Å². The van der Waals surface area contributed by atoms with Gasteiger partial charge in [-0.05, 0) is 36.4 Å². The molecule has 0 saturated carbocycles. The molecule has 1 rings (SSSR count). The van der Waals surface area contributed by atoms with Gasteiger partial charge in [-0.1, -0.05) is 76.4 Å². The van der Waals surface area contributed by atoms with E-state index in [2.05, 4.69) is 56.1 Å². The summed E-state index contributed by atoms with van der Waals surface area (Å²) in [5.41, 5.74) is 1.47. The maximum Gasteiger partial charge on any atom is 0.0144 e. The molecule has 0 fully saturated rings. The zero-order valence-electron chi connectivity index (χ0n) is 13.3. The minimum atomic E-state index is 0.789. The van der Waals surface area contributed by atoms with Crippen molar-refractivity contribution in [2.75, 3.05) is 6.54 Å². The maximum absolute atomic E-state index is 3.73. The number of rotatable bonds is 11. The Bertz CT molecular complexity index is 342. The number of hydrogen-bond acceptors (Lipinski definition) is 1. The number of unbranched alkanes of at least 4 members (excludes halogenated alkanes) is 1. The third kappa shape index (κ3) is 8.04. The largest absolute Gasteiger partial charge is 0.391 e. The first-order chi connectivity index (χ1) is 9.72. The van der Waals surface area contributed by atoms with Gasteiger partial charge >= 0.3 is 0 Å². The summed E-state index contributed by atoms with van der Waals surface area (Å²) in [4.78, 5) is 0. The summed E-state index contributed by atoms with van der Waals surface area (Å²) < 4.78 is 0. The third-order valence-corrected chi connectivity index (χ3v) is 3.85. The molecule has 1 N–H and O–H groups in total. The first-order valence-electron chi connectivity index (χ1n) is 8.10. The second-order valence-corrected chi connectivity index (χ2v) is 6.18. The van der Waals surface area contributed by atoms with E-state index >= 15 is 0 Å². The number of benzene rings is 1. The van der Waals surface area contributed by atoms with Crippen molar-refractivity contribution >= 4 is 0 Å². The Labute approximate surface area is 125 Å². The fourth-order valence-corrected chi connectivity index (χ4v) is 2.67. The molecule has 0 aliphatic carbocycles. The molecule has 1 aromatic rings. The van der Waals surface area contributed by atoms with Crippen molar-refractivity contribution in [1.29, 1.82) is 0 Å². The monoisotopic (exact) mass is 273 g/mol. The van der Waals surface area contributed by atoms with Gasteiger partial charge in [0.2, 0.25) is 0 Å². The van der Waals surface area contributed by atoms with Gasteiger partial charge in [0.25, 0.3) is 0 Å². The molecule has 1 heteroatoms. The average molecular weight is 273 g/mol. The van der Waals surface area contributed by atoms with Gasteiger partial charge in [0.1, 0.15) is 0 Å². The number of nitrogens with one attached hydrogen (secondary N) is 1. The Balaban J connectivity index is 2.36. The molecule has 20 heavy (non-hydrogen) atoms. The van der Waals surface area contributed by atoms with Crippen LogP contribution in [0.25, 0.3) is 0 Å². The van der Waals surface area contributed by atoms with Gasteiger partial charge in [0.15, 0.2) is 0 Å². The Morgan fingerprint density at radius 1 is 1.05 bits per heavy atom. The topological polar surface area (TPSA) is 12.0 Å². The van der Waals surface area contributed by atoms with Crippen LogP contribution in [0.3, 0.4) is 0 Å². The molecule has 0 heterocycles. The van der Waals surface area contributed by atoms with Crippen molar-refractivity contribution in [3.05, 3.63) is 48.7 Å². The zero-order valence-corrected chi connectivity index (χ0v) is 13.3. The molecular formula is C19H31N.